The first-order chi connectivity index (χ1) is 16.9. The van der Waals surface area contributed by atoms with Crippen molar-refractivity contribution in [2.24, 2.45) is 5.92 Å². The maximum Gasteiger partial charge on any atom is 0.309 e. The van der Waals surface area contributed by atoms with E-state index in [1.165, 1.54) is 18.0 Å². The number of aliphatic hydroxyl groups excluding tert-OH is 1. The van der Waals surface area contributed by atoms with Crippen LogP contribution in [0.25, 0.3) is 11.2 Å². The number of methoxy groups -OCH3 is 1. The van der Waals surface area contributed by atoms with Gasteiger partial charge in [-0.2, -0.15) is 0 Å². The molecule has 0 bridgehead atoms. The van der Waals surface area contributed by atoms with Crippen LogP contribution in [0.2, 0.25) is 0 Å². The number of nitrogens with two attached hydrogens (primary N) is 1. The molecule has 1 saturated heterocycles. The van der Waals surface area contributed by atoms with Crippen molar-refractivity contribution in [3.8, 4) is 11.8 Å². The van der Waals surface area contributed by atoms with Gasteiger partial charge in [0.2, 0.25) is 5.82 Å². The van der Waals surface area contributed by atoms with Crippen LogP contribution < -0.4 is 11.1 Å². The van der Waals surface area contributed by atoms with Gasteiger partial charge in [-0.3, -0.25) is 14.2 Å². The monoisotopic (exact) mass is 486 g/mol. The van der Waals surface area contributed by atoms with Crippen molar-refractivity contribution in [2.75, 3.05) is 26.0 Å². The smallest absolute Gasteiger partial charge is 0.309 e. The van der Waals surface area contributed by atoms with Gasteiger partial charge in [0.05, 0.1) is 12.2 Å². The molecule has 12 nitrogen and oxygen atoms in total. The number of esters is 1. The van der Waals surface area contributed by atoms with E-state index >= 15 is 0 Å². The maximum atomic E-state index is 12.3. The minimum atomic E-state index is -1.20. The molecule has 1 saturated carbocycles. The van der Waals surface area contributed by atoms with E-state index in [1.807, 2.05) is 0 Å². The first-order valence-corrected chi connectivity index (χ1v) is 11.7. The van der Waals surface area contributed by atoms with Gasteiger partial charge in [0.25, 0.3) is 5.91 Å². The number of amides is 1. The van der Waals surface area contributed by atoms with Crippen molar-refractivity contribution in [3.05, 3.63) is 12.2 Å². The van der Waals surface area contributed by atoms with Gasteiger partial charge in [-0.05, 0) is 25.7 Å². The van der Waals surface area contributed by atoms with Crippen LogP contribution in [0.1, 0.15) is 51.1 Å². The molecule has 2 fully saturated rings. The van der Waals surface area contributed by atoms with Crippen LogP contribution in [0.4, 0.5) is 5.82 Å². The van der Waals surface area contributed by atoms with Crippen molar-refractivity contribution < 1.29 is 28.9 Å². The number of likely N-dealkylation sites (N-methyl/N-ethyl adjacent to an activating group) is 1. The van der Waals surface area contributed by atoms with E-state index in [4.69, 9.17) is 19.9 Å². The molecule has 4 rings (SSSR count). The maximum absolute atomic E-state index is 12.3. The lowest BCUT2D eigenvalue weighted by atomic mass is 9.89. The molecule has 4 unspecified atom stereocenters. The van der Waals surface area contributed by atoms with Gasteiger partial charge >= 0.3 is 5.97 Å². The molecule has 188 valence electrons. The predicted octanol–water partition coefficient (Wildman–Crippen LogP) is 0.293. The molecule has 0 aromatic carbocycles. The van der Waals surface area contributed by atoms with Gasteiger partial charge in [0.1, 0.15) is 17.7 Å². The molecule has 1 aliphatic heterocycles. The summed E-state index contributed by atoms with van der Waals surface area (Å²) < 4.78 is 18.1. The third-order valence-corrected chi connectivity index (χ3v) is 6.24. The molecule has 2 aromatic rings. The largest absolute Gasteiger partial charge is 0.452 e. The summed E-state index contributed by atoms with van der Waals surface area (Å²) in [6, 6.07) is 0. The Morgan fingerprint density at radius 2 is 2.09 bits per heavy atom. The van der Waals surface area contributed by atoms with E-state index in [1.54, 1.807) is 6.92 Å². The van der Waals surface area contributed by atoms with Gasteiger partial charge < -0.3 is 30.4 Å². The normalized spacial score (nSPS) is 24.7. The number of rotatable bonds is 6. The van der Waals surface area contributed by atoms with Crippen LogP contribution in [-0.2, 0) is 23.8 Å². The number of carbonyl (C=O) groups is 2. The standard InChI is InChI=1S/C23H30N6O6/c1-3-25-21(31)17-16(30)18(33-2)22(35-17)29-12-26-15-19(24)27-14(28-20(15)29)10-7-11-34-23(32)13-8-5-4-6-9-13/h12-13,16-18,22,30H,3-6,8-9,11H2,1-2H3,(H,25,31)(H2,24,27,28). The zero-order valence-corrected chi connectivity index (χ0v) is 19.8. The third kappa shape index (κ3) is 5.22. The summed E-state index contributed by atoms with van der Waals surface area (Å²) in [5, 5.41) is 13.2. The van der Waals surface area contributed by atoms with E-state index in [0.717, 1.165) is 32.1 Å². The number of aromatic nitrogens is 4. The quantitative estimate of drug-likeness (QED) is 0.382. The van der Waals surface area contributed by atoms with Crippen LogP contribution in [0.3, 0.4) is 0 Å². The van der Waals surface area contributed by atoms with Crippen LogP contribution in [-0.4, -0.2) is 75.1 Å². The number of nitrogens with zero attached hydrogens (tertiary/aromatic N) is 4. The number of fused-ring (bicyclic) bond motifs is 1. The zero-order chi connectivity index (χ0) is 24.9. The molecule has 2 aliphatic rings. The van der Waals surface area contributed by atoms with Crippen LogP contribution in [0.15, 0.2) is 6.33 Å². The highest BCUT2D eigenvalue weighted by Gasteiger charge is 2.48. The van der Waals surface area contributed by atoms with Crippen molar-refractivity contribution in [3.63, 3.8) is 0 Å². The molecule has 12 heteroatoms. The van der Waals surface area contributed by atoms with Gasteiger partial charge in [0.15, 0.2) is 30.4 Å². The Balaban J connectivity index is 1.52. The molecular weight excluding hydrogens is 456 g/mol. The lowest BCUT2D eigenvalue weighted by Gasteiger charge is -2.19. The second kappa shape index (κ2) is 11.0. The first kappa shape index (κ1) is 24.8. The van der Waals surface area contributed by atoms with Crippen molar-refractivity contribution in [1.82, 2.24) is 24.8 Å². The number of anilines is 1. The van der Waals surface area contributed by atoms with E-state index in [2.05, 4.69) is 32.1 Å². The van der Waals surface area contributed by atoms with Crippen molar-refractivity contribution in [2.45, 2.75) is 63.6 Å². The van der Waals surface area contributed by atoms with Crippen molar-refractivity contribution >= 4 is 28.9 Å². The second-order valence-electron chi connectivity index (χ2n) is 8.53. The summed E-state index contributed by atoms with van der Waals surface area (Å²) in [5.74, 6) is 5.01. The fraction of sp³-hybridized carbons (Fsp3) is 0.609. The van der Waals surface area contributed by atoms with Crippen LogP contribution >= 0.6 is 0 Å². The fourth-order valence-corrected chi connectivity index (χ4v) is 4.48. The highest BCUT2D eigenvalue weighted by atomic mass is 16.6. The zero-order valence-electron chi connectivity index (χ0n) is 19.8. The summed E-state index contributed by atoms with van der Waals surface area (Å²) in [4.78, 5) is 37.3. The SMILES string of the molecule is CCNC(=O)C1OC(n2cnc3c(N)nc(C#CCOC(=O)C4CCCCC4)nc32)C(OC)C1O. The molecule has 4 atom stereocenters. The van der Waals surface area contributed by atoms with Crippen LogP contribution in [0, 0.1) is 17.8 Å². The Morgan fingerprint density at radius 3 is 2.80 bits per heavy atom. The molecule has 0 radical (unpaired) electrons. The summed E-state index contributed by atoms with van der Waals surface area (Å²) in [5.41, 5.74) is 6.68. The highest BCUT2D eigenvalue weighted by Crippen LogP contribution is 2.34. The molecule has 1 aliphatic carbocycles. The van der Waals surface area contributed by atoms with Gasteiger partial charge in [-0.1, -0.05) is 25.2 Å². The van der Waals surface area contributed by atoms with E-state index < -0.39 is 30.4 Å². The number of carbonyl (C=O) groups excluding carboxylic acids is 2. The number of nitrogen functional groups attached to an aromatic ring is 1. The Hall–Kier alpha value is -3.27. The number of hydrogen-bond acceptors (Lipinski definition) is 10. The first-order valence-electron chi connectivity index (χ1n) is 11.7. The Kier molecular flexibility index (Phi) is 7.80. The van der Waals surface area contributed by atoms with Gasteiger partial charge in [-0.15, -0.1) is 0 Å². The molecule has 4 N–H and O–H groups in total. The molecule has 3 heterocycles. The second-order valence-corrected chi connectivity index (χ2v) is 8.53. The average molecular weight is 487 g/mol. The topological polar surface area (TPSA) is 164 Å². The van der Waals surface area contributed by atoms with E-state index in [0.29, 0.717) is 17.7 Å². The lowest BCUT2D eigenvalue weighted by molar-refractivity contribution is -0.148. The Labute approximate surface area is 202 Å². The number of imidazole rings is 1. The lowest BCUT2D eigenvalue weighted by Crippen LogP contribution is -2.43. The molecule has 0 spiro atoms. The van der Waals surface area contributed by atoms with Crippen LogP contribution in [0.5, 0.6) is 0 Å². The minimum Gasteiger partial charge on any atom is -0.452 e. The predicted molar refractivity (Wildman–Crippen MR) is 124 cm³/mol. The highest BCUT2D eigenvalue weighted by molar-refractivity contribution is 5.83. The van der Waals surface area contributed by atoms with E-state index in [9.17, 15) is 14.7 Å². The van der Waals surface area contributed by atoms with Gasteiger partial charge in [0, 0.05) is 13.7 Å². The van der Waals surface area contributed by atoms with Gasteiger partial charge in [-0.25, -0.2) is 15.0 Å². The number of nitrogens with one attached hydrogen (secondary N) is 1. The molecular formula is C23H30N6O6. The Bertz CT molecular complexity index is 1130. The summed E-state index contributed by atoms with van der Waals surface area (Å²) in [6.07, 6.45) is 2.31. The summed E-state index contributed by atoms with van der Waals surface area (Å²) >= 11 is 0. The Morgan fingerprint density at radius 1 is 1.31 bits per heavy atom. The van der Waals surface area contributed by atoms with E-state index in [-0.39, 0.29) is 30.1 Å². The minimum absolute atomic E-state index is 0.0538. The fourth-order valence-electron chi connectivity index (χ4n) is 4.48. The molecule has 2 aromatic heterocycles. The molecule has 35 heavy (non-hydrogen) atoms. The summed E-state index contributed by atoms with van der Waals surface area (Å²) in [6.45, 7) is 2.09. The third-order valence-electron chi connectivity index (χ3n) is 6.24. The van der Waals surface area contributed by atoms with Crippen molar-refractivity contribution in [1.29, 1.82) is 0 Å². The summed E-state index contributed by atoms with van der Waals surface area (Å²) in [7, 11) is 1.42. The number of aliphatic hydroxyl groups is 1. The average Bonchev–Trinajstić information content (AvgIpc) is 3.43. The number of ether oxygens (including phenoxy) is 3. The molecule has 1 amide bonds. The number of hydrogen-bond donors (Lipinski definition) is 3.